The molecule has 0 saturated carbocycles. The average molecular weight is 487 g/mol. The molecule has 0 aliphatic heterocycles. The molecular weight excluding hydrogens is 472 g/mol. The van der Waals surface area contributed by atoms with E-state index < -0.39 is 18.5 Å². The van der Waals surface area contributed by atoms with Gasteiger partial charge in [0, 0.05) is 14.5 Å². The lowest BCUT2D eigenvalue weighted by atomic mass is 10.3. The van der Waals surface area contributed by atoms with Crippen LogP contribution in [-0.4, -0.2) is 18.5 Å². The van der Waals surface area contributed by atoms with E-state index in [1.807, 2.05) is 6.07 Å². The molecule has 0 fully saturated rings. The highest BCUT2D eigenvalue weighted by Gasteiger charge is 2.16. The Morgan fingerprint density at radius 1 is 1.14 bits per heavy atom. The van der Waals surface area contributed by atoms with E-state index >= 15 is 0 Å². The van der Waals surface area contributed by atoms with E-state index in [-0.39, 0.29) is 0 Å². The van der Waals surface area contributed by atoms with Crippen LogP contribution in [0.5, 0.6) is 5.75 Å². The Kier molecular flexibility index (Phi) is 7.39. The first-order chi connectivity index (χ1) is 9.72. The minimum absolute atomic E-state index is 0.318. The molecule has 1 rings (SSSR count). The first kappa shape index (κ1) is 18.7. The highest BCUT2D eigenvalue weighted by molar-refractivity contribution is 9.14. The molecular formula is C14H15Br3O4. The van der Waals surface area contributed by atoms with Crippen LogP contribution in [0.15, 0.2) is 37.7 Å². The number of hydrogen-bond acceptors (Lipinski definition) is 4. The summed E-state index contributed by atoms with van der Waals surface area (Å²) < 4.78 is 18.6. The van der Waals surface area contributed by atoms with E-state index in [9.17, 15) is 4.79 Å². The lowest BCUT2D eigenvalue weighted by molar-refractivity contribution is -0.205. The summed E-state index contributed by atoms with van der Waals surface area (Å²) in [6.45, 7) is 8.42. The van der Waals surface area contributed by atoms with Crippen molar-refractivity contribution >= 4 is 53.8 Å². The first-order valence-corrected chi connectivity index (χ1v) is 8.42. The molecule has 7 heteroatoms. The van der Waals surface area contributed by atoms with Crippen LogP contribution in [-0.2, 0) is 14.3 Å². The van der Waals surface area contributed by atoms with Crippen molar-refractivity contribution in [1.29, 1.82) is 0 Å². The molecule has 0 spiro atoms. The lowest BCUT2D eigenvalue weighted by Crippen LogP contribution is -2.26. The van der Waals surface area contributed by atoms with Gasteiger partial charge in [0.1, 0.15) is 5.75 Å². The maximum atomic E-state index is 11.4. The molecule has 0 amide bonds. The highest BCUT2D eigenvalue weighted by Crippen LogP contribution is 2.38. The number of benzene rings is 1. The van der Waals surface area contributed by atoms with Crippen LogP contribution in [0.3, 0.4) is 0 Å². The van der Waals surface area contributed by atoms with E-state index in [0.29, 0.717) is 11.3 Å². The van der Waals surface area contributed by atoms with Gasteiger partial charge in [-0.25, -0.2) is 4.79 Å². The normalized spacial score (nSPS) is 13.4. The molecule has 116 valence electrons. The Bertz CT molecular complexity index is 545. The fraction of sp³-hybridized carbons (Fsp3) is 0.357. The molecule has 1 aromatic rings. The minimum atomic E-state index is -0.734. The zero-order chi connectivity index (χ0) is 16.2. The Morgan fingerprint density at radius 3 is 2.33 bits per heavy atom. The SMILES string of the molecule is C=C(C)C(=O)OC(C)OC(C)Oc1ccc(Br)c(Br)c1Br. The lowest BCUT2D eigenvalue weighted by Gasteiger charge is -2.21. The largest absolute Gasteiger partial charge is 0.464 e. The van der Waals surface area contributed by atoms with E-state index in [1.165, 1.54) is 0 Å². The van der Waals surface area contributed by atoms with Crippen molar-refractivity contribution in [2.24, 2.45) is 0 Å². The van der Waals surface area contributed by atoms with Gasteiger partial charge >= 0.3 is 5.97 Å². The number of esters is 1. The second-order valence-electron chi connectivity index (χ2n) is 4.25. The van der Waals surface area contributed by atoms with Gasteiger partial charge in [0.2, 0.25) is 12.6 Å². The van der Waals surface area contributed by atoms with Crippen LogP contribution in [0.25, 0.3) is 0 Å². The number of hydrogen-bond donors (Lipinski definition) is 0. The zero-order valence-corrected chi connectivity index (χ0v) is 16.5. The van der Waals surface area contributed by atoms with Crippen molar-refractivity contribution in [3.05, 3.63) is 37.7 Å². The molecule has 2 atom stereocenters. The molecule has 0 bridgehead atoms. The molecule has 0 saturated heterocycles. The Labute approximate surface area is 149 Å². The molecule has 0 aliphatic rings. The fourth-order valence-corrected chi connectivity index (χ4v) is 2.72. The second-order valence-corrected chi connectivity index (χ2v) is 6.69. The van der Waals surface area contributed by atoms with Gasteiger partial charge in [-0.3, -0.25) is 0 Å². The van der Waals surface area contributed by atoms with Gasteiger partial charge < -0.3 is 14.2 Å². The summed E-state index contributed by atoms with van der Waals surface area (Å²) in [5.74, 6) is 0.110. The average Bonchev–Trinajstić information content (AvgIpc) is 2.39. The molecule has 21 heavy (non-hydrogen) atoms. The van der Waals surface area contributed by atoms with Gasteiger partial charge in [0.05, 0.1) is 4.47 Å². The fourth-order valence-electron chi connectivity index (χ4n) is 1.35. The summed E-state index contributed by atoms with van der Waals surface area (Å²) in [5.41, 5.74) is 0.318. The Balaban J connectivity index is 2.62. The van der Waals surface area contributed by atoms with E-state index in [0.717, 1.165) is 13.4 Å². The molecule has 0 heterocycles. The zero-order valence-electron chi connectivity index (χ0n) is 11.8. The van der Waals surface area contributed by atoms with Crippen LogP contribution in [0.2, 0.25) is 0 Å². The predicted molar refractivity (Wildman–Crippen MR) is 91.1 cm³/mol. The number of halogens is 3. The van der Waals surface area contributed by atoms with Crippen LogP contribution in [0, 0.1) is 0 Å². The van der Waals surface area contributed by atoms with Crippen molar-refractivity contribution in [3.8, 4) is 5.75 Å². The van der Waals surface area contributed by atoms with Crippen molar-refractivity contribution in [3.63, 3.8) is 0 Å². The van der Waals surface area contributed by atoms with Crippen molar-refractivity contribution < 1.29 is 19.0 Å². The third kappa shape index (κ3) is 5.73. The van der Waals surface area contributed by atoms with E-state index in [1.54, 1.807) is 26.8 Å². The van der Waals surface area contributed by atoms with Crippen molar-refractivity contribution in [1.82, 2.24) is 0 Å². The monoisotopic (exact) mass is 484 g/mol. The minimum Gasteiger partial charge on any atom is -0.464 e. The molecule has 0 N–H and O–H groups in total. The predicted octanol–water partition coefficient (Wildman–Crippen LogP) is 5.18. The third-order valence-electron chi connectivity index (χ3n) is 2.30. The van der Waals surface area contributed by atoms with Crippen LogP contribution < -0.4 is 4.74 Å². The molecule has 0 aliphatic carbocycles. The van der Waals surface area contributed by atoms with Crippen LogP contribution >= 0.6 is 47.8 Å². The van der Waals surface area contributed by atoms with Crippen LogP contribution in [0.4, 0.5) is 0 Å². The summed E-state index contributed by atoms with van der Waals surface area (Å²) in [6.07, 6.45) is -1.33. The number of ether oxygens (including phenoxy) is 3. The topological polar surface area (TPSA) is 44.8 Å². The summed E-state index contributed by atoms with van der Waals surface area (Å²) in [4.78, 5) is 11.4. The Morgan fingerprint density at radius 2 is 1.76 bits per heavy atom. The third-order valence-corrected chi connectivity index (χ3v) is 5.63. The van der Waals surface area contributed by atoms with E-state index in [4.69, 9.17) is 14.2 Å². The first-order valence-electron chi connectivity index (χ1n) is 6.04. The molecule has 0 radical (unpaired) electrons. The van der Waals surface area contributed by atoms with Crippen LogP contribution in [0.1, 0.15) is 20.8 Å². The quantitative estimate of drug-likeness (QED) is 0.240. The molecule has 0 aromatic heterocycles. The summed E-state index contributed by atoms with van der Waals surface area (Å²) >= 11 is 10.3. The second kappa shape index (κ2) is 8.31. The molecule has 1 aromatic carbocycles. The van der Waals surface area contributed by atoms with Gasteiger partial charge in [-0.1, -0.05) is 6.58 Å². The number of rotatable bonds is 6. The standard InChI is InChI=1S/C14H15Br3O4/c1-7(2)14(18)21-9(4)19-8(3)20-11-6-5-10(15)12(16)13(11)17/h5-6,8-9H,1H2,2-4H3. The van der Waals surface area contributed by atoms with Crippen molar-refractivity contribution in [2.45, 2.75) is 33.4 Å². The summed E-state index contributed by atoms with van der Waals surface area (Å²) in [5, 5.41) is 0. The van der Waals surface area contributed by atoms with Gasteiger partial charge in [-0.2, -0.15) is 0 Å². The van der Waals surface area contributed by atoms with Gasteiger partial charge in [0.25, 0.3) is 0 Å². The molecule has 4 nitrogen and oxygen atoms in total. The number of carbonyl (C=O) groups excluding carboxylic acids is 1. The summed E-state index contributed by atoms with van der Waals surface area (Å²) in [6, 6.07) is 3.64. The van der Waals surface area contributed by atoms with Crippen molar-refractivity contribution in [2.75, 3.05) is 0 Å². The number of carbonyl (C=O) groups is 1. The van der Waals surface area contributed by atoms with Gasteiger partial charge in [0.15, 0.2) is 0 Å². The van der Waals surface area contributed by atoms with E-state index in [2.05, 4.69) is 54.4 Å². The maximum absolute atomic E-state index is 11.4. The highest BCUT2D eigenvalue weighted by atomic mass is 79.9. The molecule has 2 unspecified atom stereocenters. The summed E-state index contributed by atoms with van der Waals surface area (Å²) in [7, 11) is 0. The van der Waals surface area contributed by atoms with Gasteiger partial charge in [-0.15, -0.1) is 0 Å². The smallest absolute Gasteiger partial charge is 0.335 e. The maximum Gasteiger partial charge on any atom is 0.335 e. The van der Waals surface area contributed by atoms with Gasteiger partial charge in [-0.05, 0) is 80.7 Å². The Hall–Kier alpha value is -0.370.